The topological polar surface area (TPSA) is 58.8 Å². The van der Waals surface area contributed by atoms with E-state index in [9.17, 15) is 4.79 Å². The molecule has 0 atom stereocenters. The first-order chi connectivity index (χ1) is 13.2. The minimum absolute atomic E-state index is 0. The van der Waals surface area contributed by atoms with Gasteiger partial charge in [-0.3, -0.25) is 9.69 Å². The molecule has 1 aliphatic heterocycles. The number of nitrogens with two attached hydrogens (primary N) is 1. The van der Waals surface area contributed by atoms with E-state index in [2.05, 4.69) is 58.3 Å². The van der Waals surface area contributed by atoms with Crippen LogP contribution in [0, 0.1) is 0 Å². The van der Waals surface area contributed by atoms with Crippen LogP contribution in [0.15, 0.2) is 60.7 Å². The molecular weight excluding hydrogens is 409 g/mol. The first-order valence-corrected chi connectivity index (χ1v) is 9.67. The Kier molecular flexibility index (Phi) is 11.9. The summed E-state index contributed by atoms with van der Waals surface area (Å²) < 4.78 is 6.31. The number of benzene rings is 2. The first kappa shape index (κ1) is 25.4. The summed E-state index contributed by atoms with van der Waals surface area (Å²) >= 11 is 0. The van der Waals surface area contributed by atoms with E-state index in [1.807, 2.05) is 12.1 Å². The monoisotopic (exact) mass is 439 g/mol. The third-order valence-electron chi connectivity index (χ3n) is 5.04. The van der Waals surface area contributed by atoms with Crippen LogP contribution in [0.1, 0.15) is 23.7 Å². The van der Waals surface area contributed by atoms with Gasteiger partial charge in [0.05, 0.1) is 6.61 Å². The maximum absolute atomic E-state index is 10.9. The molecule has 0 spiro atoms. The van der Waals surface area contributed by atoms with E-state index in [0.717, 1.165) is 39.3 Å². The standard InChI is InChI=1S/C22H29N3O2.2ClH/c23-21(26)11-12-24-13-15-25(16-14-24)17-18-27-22(19-7-3-1-4-8-19)20-9-5-2-6-10-20;;/h1-10,22H,11-18H2,(H2,23,26);2*1H. The van der Waals surface area contributed by atoms with Crippen LogP contribution < -0.4 is 5.73 Å². The predicted octanol–water partition coefficient (Wildman–Crippen LogP) is 3.13. The molecular formula is C22H31Cl2N3O2. The Morgan fingerprint density at radius 2 is 1.28 bits per heavy atom. The fourth-order valence-corrected chi connectivity index (χ4v) is 3.45. The lowest BCUT2D eigenvalue weighted by atomic mass is 10.0. The average Bonchev–Trinajstić information content (AvgIpc) is 2.72. The van der Waals surface area contributed by atoms with E-state index in [0.29, 0.717) is 13.0 Å². The number of hydrogen-bond acceptors (Lipinski definition) is 4. The zero-order chi connectivity index (χ0) is 18.9. The zero-order valence-corrected chi connectivity index (χ0v) is 18.2. The van der Waals surface area contributed by atoms with Crippen molar-refractivity contribution in [2.45, 2.75) is 12.5 Å². The molecule has 3 rings (SSSR count). The Balaban J connectivity index is 0.00000210. The van der Waals surface area contributed by atoms with E-state index in [4.69, 9.17) is 10.5 Å². The summed E-state index contributed by atoms with van der Waals surface area (Å²) in [6, 6.07) is 20.8. The van der Waals surface area contributed by atoms with Crippen LogP contribution in [-0.4, -0.2) is 61.6 Å². The summed E-state index contributed by atoms with van der Waals surface area (Å²) in [6.45, 7) is 6.34. The van der Waals surface area contributed by atoms with Gasteiger partial charge in [-0.15, -0.1) is 24.8 Å². The van der Waals surface area contributed by atoms with E-state index >= 15 is 0 Å². The second-order valence-corrected chi connectivity index (χ2v) is 6.97. The van der Waals surface area contributed by atoms with Crippen LogP contribution >= 0.6 is 24.8 Å². The predicted molar refractivity (Wildman–Crippen MR) is 122 cm³/mol. The third-order valence-corrected chi connectivity index (χ3v) is 5.04. The molecule has 1 fully saturated rings. The van der Waals surface area contributed by atoms with Gasteiger partial charge in [-0.1, -0.05) is 60.7 Å². The fourth-order valence-electron chi connectivity index (χ4n) is 3.45. The smallest absolute Gasteiger partial charge is 0.218 e. The lowest BCUT2D eigenvalue weighted by molar-refractivity contribution is -0.118. The molecule has 0 bridgehead atoms. The summed E-state index contributed by atoms with van der Waals surface area (Å²) in [5, 5.41) is 0. The van der Waals surface area contributed by atoms with Crippen molar-refractivity contribution in [2.24, 2.45) is 5.73 Å². The number of ether oxygens (including phenoxy) is 1. The molecule has 2 N–H and O–H groups in total. The minimum Gasteiger partial charge on any atom is -0.370 e. The summed E-state index contributed by atoms with van der Waals surface area (Å²) in [4.78, 5) is 15.6. The fraction of sp³-hybridized carbons (Fsp3) is 0.409. The molecule has 7 heteroatoms. The van der Waals surface area contributed by atoms with Gasteiger partial charge < -0.3 is 15.4 Å². The first-order valence-electron chi connectivity index (χ1n) is 9.67. The maximum atomic E-state index is 10.9. The highest BCUT2D eigenvalue weighted by Gasteiger charge is 2.18. The van der Waals surface area contributed by atoms with Gasteiger partial charge in [0.1, 0.15) is 6.10 Å². The number of amides is 1. The van der Waals surface area contributed by atoms with Gasteiger partial charge in [0, 0.05) is 45.7 Å². The molecule has 2 aromatic carbocycles. The number of carbonyl (C=O) groups excluding carboxylic acids is 1. The summed E-state index contributed by atoms with van der Waals surface area (Å²) in [5.74, 6) is -0.223. The lowest BCUT2D eigenvalue weighted by Crippen LogP contribution is -2.47. The molecule has 0 saturated carbocycles. The largest absolute Gasteiger partial charge is 0.370 e. The Morgan fingerprint density at radius 3 is 1.72 bits per heavy atom. The lowest BCUT2D eigenvalue weighted by Gasteiger charge is -2.34. The van der Waals surface area contributed by atoms with Crippen molar-refractivity contribution < 1.29 is 9.53 Å². The molecule has 0 radical (unpaired) electrons. The molecule has 1 heterocycles. The highest BCUT2D eigenvalue weighted by molar-refractivity contribution is 5.85. The van der Waals surface area contributed by atoms with Crippen molar-refractivity contribution in [3.63, 3.8) is 0 Å². The normalized spacial score (nSPS) is 14.8. The molecule has 0 aromatic heterocycles. The van der Waals surface area contributed by atoms with Crippen LogP contribution in [0.5, 0.6) is 0 Å². The molecule has 1 saturated heterocycles. The summed E-state index contributed by atoms with van der Waals surface area (Å²) in [5.41, 5.74) is 7.60. The van der Waals surface area contributed by atoms with Crippen molar-refractivity contribution in [3.05, 3.63) is 71.8 Å². The van der Waals surface area contributed by atoms with Gasteiger partial charge in [0.25, 0.3) is 0 Å². The zero-order valence-electron chi connectivity index (χ0n) is 16.6. The number of rotatable bonds is 9. The van der Waals surface area contributed by atoms with Gasteiger partial charge in [0.15, 0.2) is 0 Å². The Hall–Kier alpha value is -1.63. The van der Waals surface area contributed by atoms with Crippen molar-refractivity contribution >= 4 is 30.7 Å². The van der Waals surface area contributed by atoms with Crippen LogP contribution in [0.2, 0.25) is 0 Å². The SMILES string of the molecule is Cl.Cl.NC(=O)CCN1CCN(CCOC(c2ccccc2)c2ccccc2)CC1. The number of halogens is 2. The van der Waals surface area contributed by atoms with Crippen molar-refractivity contribution in [2.75, 3.05) is 45.9 Å². The van der Waals surface area contributed by atoms with Crippen molar-refractivity contribution in [1.82, 2.24) is 9.80 Å². The Bertz CT molecular complexity index is 656. The van der Waals surface area contributed by atoms with Gasteiger partial charge in [-0.2, -0.15) is 0 Å². The second kappa shape index (κ2) is 13.6. The number of piperazine rings is 1. The van der Waals surface area contributed by atoms with E-state index in [-0.39, 0.29) is 36.8 Å². The molecule has 5 nitrogen and oxygen atoms in total. The Morgan fingerprint density at radius 1 is 0.828 bits per heavy atom. The van der Waals surface area contributed by atoms with Gasteiger partial charge in [-0.05, 0) is 11.1 Å². The highest BCUT2D eigenvalue weighted by atomic mass is 35.5. The van der Waals surface area contributed by atoms with Crippen LogP contribution in [-0.2, 0) is 9.53 Å². The van der Waals surface area contributed by atoms with Crippen molar-refractivity contribution in [3.8, 4) is 0 Å². The molecule has 1 aliphatic rings. The maximum Gasteiger partial charge on any atom is 0.218 e. The molecule has 2 aromatic rings. The Labute approximate surface area is 186 Å². The minimum atomic E-state index is -0.223. The second-order valence-electron chi connectivity index (χ2n) is 6.97. The van der Waals surface area contributed by atoms with E-state index in [1.165, 1.54) is 11.1 Å². The number of hydrogen-bond donors (Lipinski definition) is 1. The van der Waals surface area contributed by atoms with Crippen LogP contribution in [0.4, 0.5) is 0 Å². The summed E-state index contributed by atoms with van der Waals surface area (Å²) in [7, 11) is 0. The van der Waals surface area contributed by atoms with E-state index < -0.39 is 0 Å². The number of primary amides is 1. The van der Waals surface area contributed by atoms with Gasteiger partial charge in [0.2, 0.25) is 5.91 Å². The van der Waals surface area contributed by atoms with Crippen molar-refractivity contribution in [1.29, 1.82) is 0 Å². The molecule has 29 heavy (non-hydrogen) atoms. The highest BCUT2D eigenvalue weighted by Crippen LogP contribution is 2.25. The van der Waals surface area contributed by atoms with Gasteiger partial charge >= 0.3 is 0 Å². The van der Waals surface area contributed by atoms with Crippen LogP contribution in [0.3, 0.4) is 0 Å². The van der Waals surface area contributed by atoms with Crippen LogP contribution in [0.25, 0.3) is 0 Å². The molecule has 1 amide bonds. The molecule has 0 unspecified atom stereocenters. The molecule has 0 aliphatic carbocycles. The average molecular weight is 440 g/mol. The number of carbonyl (C=O) groups is 1. The number of nitrogens with zero attached hydrogens (tertiary/aromatic N) is 2. The molecule has 160 valence electrons. The third kappa shape index (κ3) is 8.33. The van der Waals surface area contributed by atoms with E-state index in [1.54, 1.807) is 0 Å². The van der Waals surface area contributed by atoms with Gasteiger partial charge in [-0.25, -0.2) is 0 Å². The quantitative estimate of drug-likeness (QED) is 0.651. The summed E-state index contributed by atoms with van der Waals surface area (Å²) in [6.07, 6.45) is 0.406.